The van der Waals surface area contributed by atoms with Gasteiger partial charge in [-0.05, 0) is 19.5 Å². The van der Waals surface area contributed by atoms with Gasteiger partial charge >= 0.3 is 0 Å². The van der Waals surface area contributed by atoms with Gasteiger partial charge in [-0.3, -0.25) is 4.90 Å². The van der Waals surface area contributed by atoms with Gasteiger partial charge in [-0.25, -0.2) is 0 Å². The van der Waals surface area contributed by atoms with Gasteiger partial charge in [0.25, 0.3) is 0 Å². The molecule has 1 atom stereocenters. The molecule has 0 spiro atoms. The molecule has 0 amide bonds. The molecule has 1 N–H and O–H groups in total. The molecule has 0 radical (unpaired) electrons. The molecule has 2 rings (SSSR count). The van der Waals surface area contributed by atoms with Crippen molar-refractivity contribution in [1.29, 1.82) is 0 Å². The Bertz CT molecular complexity index is 474. The number of piperazine rings is 1. The topological polar surface area (TPSA) is 26.7 Å². The van der Waals surface area contributed by atoms with Crippen LogP contribution in [0.15, 0.2) is 11.4 Å². The van der Waals surface area contributed by atoms with Crippen LogP contribution in [-0.4, -0.2) is 54.2 Å². The number of rotatable bonds is 4. The van der Waals surface area contributed by atoms with Crippen molar-refractivity contribution < 1.29 is 5.11 Å². The van der Waals surface area contributed by atoms with Crippen molar-refractivity contribution in [3.8, 4) is 11.8 Å². The maximum atomic E-state index is 8.72. The largest absolute Gasteiger partial charge is 0.395 e. The zero-order chi connectivity index (χ0) is 14.4. The molecule has 0 bridgehead atoms. The summed E-state index contributed by atoms with van der Waals surface area (Å²) in [7, 11) is 2.23. The molecule has 1 aromatic rings. The van der Waals surface area contributed by atoms with Crippen LogP contribution in [0.4, 0.5) is 0 Å². The quantitative estimate of drug-likeness (QED) is 0.860. The van der Waals surface area contributed by atoms with Gasteiger partial charge < -0.3 is 10.0 Å². The molecule has 2 heterocycles. The smallest absolute Gasteiger partial charge is 0.0540 e. The summed E-state index contributed by atoms with van der Waals surface area (Å²) in [5, 5.41) is 10.8. The second-order valence-corrected chi connectivity index (χ2v) is 6.35. The van der Waals surface area contributed by atoms with Crippen LogP contribution in [0.25, 0.3) is 0 Å². The van der Waals surface area contributed by atoms with E-state index in [1.165, 1.54) is 11.3 Å². The summed E-state index contributed by atoms with van der Waals surface area (Å²) in [6.07, 6.45) is 1.77. The highest BCUT2D eigenvalue weighted by molar-refractivity contribution is 7.10. The lowest BCUT2D eigenvalue weighted by Gasteiger charge is -2.38. The normalized spacial score (nSPS) is 20.6. The fraction of sp³-hybridized carbons (Fsp3) is 0.625. The minimum Gasteiger partial charge on any atom is -0.395 e. The lowest BCUT2D eigenvalue weighted by atomic mass is 10.1. The molecule has 0 saturated carbocycles. The maximum Gasteiger partial charge on any atom is 0.0540 e. The van der Waals surface area contributed by atoms with Gasteiger partial charge in [0, 0.05) is 54.5 Å². The zero-order valence-electron chi connectivity index (χ0n) is 12.4. The van der Waals surface area contributed by atoms with E-state index in [0.717, 1.165) is 31.7 Å². The van der Waals surface area contributed by atoms with Gasteiger partial charge in [0.2, 0.25) is 0 Å². The van der Waals surface area contributed by atoms with Crippen molar-refractivity contribution in [2.24, 2.45) is 0 Å². The Morgan fingerprint density at radius 1 is 1.45 bits per heavy atom. The minimum absolute atomic E-state index is 0.143. The molecule has 1 aromatic heterocycles. The van der Waals surface area contributed by atoms with Gasteiger partial charge in [0.15, 0.2) is 0 Å². The lowest BCUT2D eigenvalue weighted by Crippen LogP contribution is -2.50. The van der Waals surface area contributed by atoms with E-state index < -0.39 is 0 Å². The Balaban J connectivity index is 1.89. The molecule has 0 aromatic carbocycles. The first-order valence-electron chi connectivity index (χ1n) is 7.32. The molecule has 1 aliphatic heterocycles. The first kappa shape index (κ1) is 15.5. The van der Waals surface area contributed by atoms with Gasteiger partial charge in [0.05, 0.1) is 6.61 Å². The number of nitrogens with zero attached hydrogens (tertiary/aromatic N) is 2. The standard InChI is InChI=1S/C16H24N2OS/c1-3-15-11-18(8-7-17(15)2)12-16-10-14(13-20-16)6-4-5-9-19/h10,13,15,19H,3,5,7-9,11-12H2,1-2H3. The van der Waals surface area contributed by atoms with Crippen LogP contribution < -0.4 is 0 Å². The summed E-state index contributed by atoms with van der Waals surface area (Å²) in [5.74, 6) is 6.08. The van der Waals surface area contributed by atoms with E-state index in [4.69, 9.17) is 5.11 Å². The van der Waals surface area contributed by atoms with Crippen molar-refractivity contribution in [2.75, 3.05) is 33.3 Å². The Labute approximate surface area is 126 Å². The van der Waals surface area contributed by atoms with E-state index in [9.17, 15) is 0 Å². The number of likely N-dealkylation sites (N-methyl/N-ethyl adjacent to an activating group) is 1. The van der Waals surface area contributed by atoms with Crippen LogP contribution in [0.1, 0.15) is 30.2 Å². The van der Waals surface area contributed by atoms with E-state index in [1.807, 2.05) is 0 Å². The third-order valence-electron chi connectivity index (χ3n) is 3.84. The highest BCUT2D eigenvalue weighted by atomic mass is 32.1. The van der Waals surface area contributed by atoms with E-state index in [2.05, 4.69) is 47.1 Å². The van der Waals surface area contributed by atoms with Gasteiger partial charge in [-0.15, -0.1) is 11.3 Å². The second-order valence-electron chi connectivity index (χ2n) is 5.35. The van der Waals surface area contributed by atoms with Gasteiger partial charge in [-0.1, -0.05) is 18.8 Å². The molecule has 4 heteroatoms. The second kappa shape index (κ2) is 7.80. The molecule has 1 unspecified atom stereocenters. The fourth-order valence-corrected chi connectivity index (χ4v) is 3.42. The van der Waals surface area contributed by atoms with Crippen LogP contribution in [0.2, 0.25) is 0 Å². The minimum atomic E-state index is 0.143. The molecular formula is C16H24N2OS. The fourth-order valence-electron chi connectivity index (χ4n) is 2.56. The SMILES string of the molecule is CCC1CN(Cc2cc(C#CCCO)cs2)CCN1C. The molecular weight excluding hydrogens is 268 g/mol. The highest BCUT2D eigenvalue weighted by Gasteiger charge is 2.22. The summed E-state index contributed by atoms with van der Waals surface area (Å²) < 4.78 is 0. The van der Waals surface area contributed by atoms with Crippen LogP contribution in [0.5, 0.6) is 0 Å². The third-order valence-corrected chi connectivity index (χ3v) is 4.76. The Morgan fingerprint density at radius 3 is 3.05 bits per heavy atom. The molecule has 20 heavy (non-hydrogen) atoms. The summed E-state index contributed by atoms with van der Waals surface area (Å²) in [4.78, 5) is 6.40. The van der Waals surface area contributed by atoms with Crippen molar-refractivity contribution in [2.45, 2.75) is 32.4 Å². The average Bonchev–Trinajstić information content (AvgIpc) is 2.89. The van der Waals surface area contributed by atoms with Crippen LogP contribution >= 0.6 is 11.3 Å². The van der Waals surface area contributed by atoms with Crippen molar-refractivity contribution >= 4 is 11.3 Å². The van der Waals surface area contributed by atoms with Gasteiger partial charge in [-0.2, -0.15) is 0 Å². The number of hydrogen-bond donors (Lipinski definition) is 1. The van der Waals surface area contributed by atoms with Crippen LogP contribution in [0.3, 0.4) is 0 Å². The highest BCUT2D eigenvalue weighted by Crippen LogP contribution is 2.19. The number of aliphatic hydroxyl groups excluding tert-OH is 1. The number of aliphatic hydroxyl groups is 1. The first-order valence-corrected chi connectivity index (χ1v) is 8.20. The lowest BCUT2D eigenvalue weighted by molar-refractivity contribution is 0.0891. The van der Waals surface area contributed by atoms with E-state index >= 15 is 0 Å². The summed E-state index contributed by atoms with van der Waals surface area (Å²) in [6, 6.07) is 2.88. The van der Waals surface area contributed by atoms with Crippen molar-refractivity contribution in [1.82, 2.24) is 9.80 Å². The Morgan fingerprint density at radius 2 is 2.30 bits per heavy atom. The summed E-state index contributed by atoms with van der Waals surface area (Å²) in [5.41, 5.74) is 1.08. The Hall–Kier alpha value is -0.860. The summed E-state index contributed by atoms with van der Waals surface area (Å²) >= 11 is 1.79. The van der Waals surface area contributed by atoms with Crippen LogP contribution in [0, 0.1) is 11.8 Å². The number of hydrogen-bond acceptors (Lipinski definition) is 4. The van der Waals surface area contributed by atoms with Crippen molar-refractivity contribution in [3.63, 3.8) is 0 Å². The van der Waals surface area contributed by atoms with E-state index in [0.29, 0.717) is 12.5 Å². The first-order chi connectivity index (χ1) is 9.72. The predicted molar refractivity (Wildman–Crippen MR) is 84.9 cm³/mol. The number of thiophene rings is 1. The molecule has 110 valence electrons. The third kappa shape index (κ3) is 4.32. The summed E-state index contributed by atoms with van der Waals surface area (Å²) in [6.45, 7) is 6.92. The maximum absolute atomic E-state index is 8.72. The van der Waals surface area contributed by atoms with Crippen molar-refractivity contribution in [3.05, 3.63) is 21.9 Å². The molecule has 0 aliphatic carbocycles. The molecule has 1 fully saturated rings. The molecule has 3 nitrogen and oxygen atoms in total. The average molecular weight is 292 g/mol. The van der Waals surface area contributed by atoms with E-state index in [-0.39, 0.29) is 6.61 Å². The molecule has 1 saturated heterocycles. The predicted octanol–water partition coefficient (Wildman–Crippen LogP) is 2.01. The monoisotopic (exact) mass is 292 g/mol. The van der Waals surface area contributed by atoms with E-state index in [1.54, 1.807) is 11.3 Å². The van der Waals surface area contributed by atoms with Crippen LogP contribution in [-0.2, 0) is 6.54 Å². The van der Waals surface area contributed by atoms with Gasteiger partial charge in [0.1, 0.15) is 0 Å². The zero-order valence-corrected chi connectivity index (χ0v) is 13.2. The molecule has 1 aliphatic rings. The Kier molecular flexibility index (Phi) is 6.06.